The van der Waals surface area contributed by atoms with Crippen LogP contribution in [0.5, 0.6) is 0 Å². The molecule has 4 rings (SSSR count). The molecule has 0 saturated carbocycles. The summed E-state index contributed by atoms with van der Waals surface area (Å²) in [5.74, 6) is 1.42. The number of nitrogens with one attached hydrogen (secondary N) is 1. The number of piperidine rings is 1. The number of imidazole rings is 1. The van der Waals surface area contributed by atoms with Crippen molar-refractivity contribution in [1.82, 2.24) is 19.4 Å². The quantitative estimate of drug-likeness (QED) is 0.846. The summed E-state index contributed by atoms with van der Waals surface area (Å²) in [6.07, 6.45) is 7.92. The molecule has 27 heavy (non-hydrogen) atoms. The number of hydrogen-bond donors (Lipinski definition) is 1. The van der Waals surface area contributed by atoms with Gasteiger partial charge in [-0.05, 0) is 44.7 Å². The second kappa shape index (κ2) is 7.18. The Balaban J connectivity index is 1.55. The first-order valence-corrected chi connectivity index (χ1v) is 9.67. The Bertz CT molecular complexity index is 922. The maximum absolute atomic E-state index is 13.0. The van der Waals surface area contributed by atoms with Gasteiger partial charge in [-0.15, -0.1) is 0 Å². The van der Waals surface area contributed by atoms with Gasteiger partial charge in [0.25, 0.3) is 5.56 Å². The number of allylic oxidation sites excluding steroid dienone is 2. The van der Waals surface area contributed by atoms with Crippen LogP contribution < -0.4 is 5.56 Å². The van der Waals surface area contributed by atoms with Crippen molar-refractivity contribution in [2.75, 3.05) is 13.1 Å². The van der Waals surface area contributed by atoms with Crippen molar-refractivity contribution < 1.29 is 4.79 Å². The zero-order valence-corrected chi connectivity index (χ0v) is 15.9. The Kier molecular flexibility index (Phi) is 4.72. The van der Waals surface area contributed by atoms with Gasteiger partial charge in [-0.2, -0.15) is 0 Å². The van der Waals surface area contributed by atoms with Crippen LogP contribution in [0, 0.1) is 5.92 Å². The first kappa shape index (κ1) is 17.8. The molecule has 2 aliphatic heterocycles. The van der Waals surface area contributed by atoms with E-state index in [0.29, 0.717) is 36.8 Å². The Hall–Kier alpha value is -2.63. The topological polar surface area (TPSA) is 71.0 Å². The summed E-state index contributed by atoms with van der Waals surface area (Å²) in [6, 6.07) is 3.90. The van der Waals surface area contributed by atoms with Crippen molar-refractivity contribution in [3.8, 4) is 11.4 Å². The third kappa shape index (κ3) is 3.48. The van der Waals surface area contributed by atoms with E-state index in [1.807, 2.05) is 21.6 Å². The highest BCUT2D eigenvalue weighted by atomic mass is 16.2. The van der Waals surface area contributed by atoms with Gasteiger partial charge in [-0.3, -0.25) is 9.59 Å². The van der Waals surface area contributed by atoms with E-state index in [0.717, 1.165) is 25.1 Å². The maximum Gasteiger partial charge on any atom is 0.261 e. The highest BCUT2D eigenvalue weighted by molar-refractivity contribution is 5.76. The predicted octanol–water partition coefficient (Wildman–Crippen LogP) is 2.93. The van der Waals surface area contributed by atoms with Crippen molar-refractivity contribution in [3.05, 3.63) is 52.2 Å². The lowest BCUT2D eigenvalue weighted by atomic mass is 9.82. The molecule has 2 bridgehead atoms. The molecule has 2 aromatic rings. The molecule has 6 nitrogen and oxygen atoms in total. The van der Waals surface area contributed by atoms with Crippen LogP contribution in [0.2, 0.25) is 0 Å². The fourth-order valence-corrected chi connectivity index (χ4v) is 4.38. The number of hydrogen-bond acceptors (Lipinski definition) is 3. The van der Waals surface area contributed by atoms with Crippen LogP contribution in [0.1, 0.15) is 44.7 Å². The first-order chi connectivity index (χ1) is 13.0. The largest absolute Gasteiger partial charge is 0.344 e. The van der Waals surface area contributed by atoms with E-state index in [4.69, 9.17) is 0 Å². The molecule has 2 aliphatic rings. The van der Waals surface area contributed by atoms with Gasteiger partial charge < -0.3 is 14.5 Å². The van der Waals surface area contributed by atoms with Gasteiger partial charge in [0.1, 0.15) is 5.82 Å². The van der Waals surface area contributed by atoms with Crippen LogP contribution in [0.3, 0.4) is 0 Å². The number of rotatable bonds is 4. The molecule has 1 saturated heterocycles. The minimum absolute atomic E-state index is 0.0143. The lowest BCUT2D eigenvalue weighted by Gasteiger charge is -2.43. The number of aromatic amines is 1. The van der Waals surface area contributed by atoms with Gasteiger partial charge in [-0.25, -0.2) is 4.98 Å². The number of carbonyl (C=O) groups excluding carboxylic acids is 1. The van der Waals surface area contributed by atoms with E-state index in [1.165, 1.54) is 5.57 Å². The van der Waals surface area contributed by atoms with Crippen molar-refractivity contribution >= 4 is 5.91 Å². The number of nitrogens with zero attached hydrogens (tertiary/aromatic N) is 3. The fourth-order valence-electron chi connectivity index (χ4n) is 4.38. The van der Waals surface area contributed by atoms with Crippen molar-refractivity contribution in [2.45, 2.75) is 45.6 Å². The number of likely N-dealkylation sites (tertiary alicyclic amines) is 1. The zero-order valence-electron chi connectivity index (χ0n) is 15.9. The number of pyridine rings is 1. The third-order valence-corrected chi connectivity index (χ3v) is 5.62. The van der Waals surface area contributed by atoms with Crippen LogP contribution >= 0.6 is 0 Å². The van der Waals surface area contributed by atoms with Gasteiger partial charge in [0.05, 0.1) is 5.56 Å². The second-order valence-corrected chi connectivity index (χ2v) is 7.94. The highest BCUT2D eigenvalue weighted by Gasteiger charge is 2.36. The Morgan fingerprint density at radius 2 is 2.15 bits per heavy atom. The molecule has 2 atom stereocenters. The molecule has 1 N–H and O–H groups in total. The Morgan fingerprint density at radius 1 is 1.30 bits per heavy atom. The number of amides is 1. The van der Waals surface area contributed by atoms with Gasteiger partial charge in [0.15, 0.2) is 0 Å². The highest BCUT2D eigenvalue weighted by Crippen LogP contribution is 2.35. The van der Waals surface area contributed by atoms with Gasteiger partial charge in [-0.1, -0.05) is 11.6 Å². The molecule has 142 valence electrons. The molecular formula is C21H26N4O2. The van der Waals surface area contributed by atoms with Gasteiger partial charge in [0, 0.05) is 50.1 Å². The summed E-state index contributed by atoms with van der Waals surface area (Å²) in [6.45, 7) is 6.25. The van der Waals surface area contributed by atoms with Crippen molar-refractivity contribution in [3.63, 3.8) is 0 Å². The molecule has 4 heterocycles. The molecule has 0 aromatic carbocycles. The standard InChI is InChI=1S/C21H26N4O2/c1-14(2)4-3-5-19(26)24-11-15-10-16(13-24)18-7-6-17(20-22-8-9-23-20)21(27)25(18)12-15/h4,6-9,15-16H,3,5,10-13H2,1-2H3,(H,22,23)/t15-,16+/m0/s1. The van der Waals surface area contributed by atoms with Crippen molar-refractivity contribution in [1.29, 1.82) is 0 Å². The molecule has 2 aromatic heterocycles. The Labute approximate surface area is 158 Å². The van der Waals surface area contributed by atoms with Crippen LogP contribution in [-0.4, -0.2) is 38.4 Å². The smallest absolute Gasteiger partial charge is 0.261 e. The molecule has 6 heteroatoms. The minimum atomic E-state index is 0.0143. The number of aromatic nitrogens is 3. The molecule has 1 amide bonds. The molecule has 1 fully saturated rings. The van der Waals surface area contributed by atoms with E-state index < -0.39 is 0 Å². The SMILES string of the molecule is CC(C)=CCCC(=O)N1C[C@@H]2C[C@H](C1)c1ccc(-c3ncc[nH]3)c(=O)n1C2. The van der Waals surface area contributed by atoms with Crippen LogP contribution in [0.4, 0.5) is 0 Å². The predicted molar refractivity (Wildman–Crippen MR) is 104 cm³/mol. The molecule has 0 aliphatic carbocycles. The maximum atomic E-state index is 13.0. The lowest BCUT2D eigenvalue weighted by molar-refractivity contribution is -0.133. The average molecular weight is 366 g/mol. The van der Waals surface area contributed by atoms with Gasteiger partial charge in [0.2, 0.25) is 5.91 Å². The van der Waals surface area contributed by atoms with Crippen LogP contribution in [-0.2, 0) is 11.3 Å². The third-order valence-electron chi connectivity index (χ3n) is 5.62. The molecule has 0 spiro atoms. The van der Waals surface area contributed by atoms with Crippen molar-refractivity contribution in [2.24, 2.45) is 5.92 Å². The van der Waals surface area contributed by atoms with E-state index in [9.17, 15) is 9.59 Å². The average Bonchev–Trinajstić information content (AvgIpc) is 3.16. The lowest BCUT2D eigenvalue weighted by Crippen LogP contribution is -2.49. The monoisotopic (exact) mass is 366 g/mol. The van der Waals surface area contributed by atoms with E-state index in [-0.39, 0.29) is 17.4 Å². The summed E-state index contributed by atoms with van der Waals surface area (Å²) < 4.78 is 1.90. The summed E-state index contributed by atoms with van der Waals surface area (Å²) in [5, 5.41) is 0. The number of fused-ring (bicyclic) bond motifs is 4. The Morgan fingerprint density at radius 3 is 2.89 bits per heavy atom. The summed E-state index contributed by atoms with van der Waals surface area (Å²) in [7, 11) is 0. The molecule has 0 unspecified atom stereocenters. The minimum Gasteiger partial charge on any atom is -0.344 e. The van der Waals surface area contributed by atoms with Gasteiger partial charge >= 0.3 is 0 Å². The summed E-state index contributed by atoms with van der Waals surface area (Å²) in [4.78, 5) is 34.8. The molecule has 0 radical (unpaired) electrons. The molecular weight excluding hydrogens is 340 g/mol. The fraction of sp³-hybridized carbons (Fsp3) is 0.476. The summed E-state index contributed by atoms with van der Waals surface area (Å²) in [5.41, 5.74) is 2.92. The number of H-pyrrole nitrogens is 1. The van der Waals surface area contributed by atoms with E-state index in [2.05, 4.69) is 29.9 Å². The zero-order chi connectivity index (χ0) is 19.0. The van der Waals surface area contributed by atoms with Crippen LogP contribution in [0.15, 0.2) is 41.0 Å². The summed E-state index contributed by atoms with van der Waals surface area (Å²) >= 11 is 0. The first-order valence-electron chi connectivity index (χ1n) is 9.67. The normalized spacial score (nSPS) is 20.9. The van der Waals surface area contributed by atoms with E-state index >= 15 is 0 Å². The second-order valence-electron chi connectivity index (χ2n) is 7.94. The van der Waals surface area contributed by atoms with E-state index in [1.54, 1.807) is 12.4 Å². The van der Waals surface area contributed by atoms with Crippen LogP contribution in [0.25, 0.3) is 11.4 Å². The number of carbonyl (C=O) groups is 1.